The van der Waals surface area contributed by atoms with Gasteiger partial charge in [0.25, 0.3) is 0 Å². The first-order chi connectivity index (χ1) is 18.8. The predicted molar refractivity (Wildman–Crippen MR) is 156 cm³/mol. The van der Waals surface area contributed by atoms with Crippen molar-refractivity contribution in [2.75, 3.05) is 6.54 Å². The third kappa shape index (κ3) is 12.9. The van der Waals surface area contributed by atoms with Gasteiger partial charge in [-0.25, -0.2) is 4.39 Å². The Morgan fingerprint density at radius 3 is 2.21 bits per heavy atom. The Labute approximate surface area is 232 Å². The van der Waals surface area contributed by atoms with Gasteiger partial charge in [-0.2, -0.15) is 0 Å². The summed E-state index contributed by atoms with van der Waals surface area (Å²) in [5, 5.41) is 6.05. The smallest absolute Gasteiger partial charge is 0.223 e. The molecule has 0 aromatic heterocycles. The zero-order chi connectivity index (χ0) is 28.5. The Kier molecular flexibility index (Phi) is 14.1. The Morgan fingerprint density at radius 1 is 0.949 bits per heavy atom. The van der Waals surface area contributed by atoms with Crippen LogP contribution in [0.5, 0.6) is 11.5 Å². The number of hydrogen-bond donors (Lipinski definition) is 2. The van der Waals surface area contributed by atoms with Gasteiger partial charge in [0.1, 0.15) is 12.0 Å². The summed E-state index contributed by atoms with van der Waals surface area (Å²) in [6, 6.07) is 23.8. The Balaban J connectivity index is 0.00000124. The maximum Gasteiger partial charge on any atom is 0.223 e. The minimum Gasteiger partial charge on any atom is -0.454 e. The first-order valence-electron chi connectivity index (χ1n) is 13.5. The van der Waals surface area contributed by atoms with Gasteiger partial charge in [0.05, 0.1) is 6.54 Å². The van der Waals surface area contributed by atoms with Gasteiger partial charge in [-0.3, -0.25) is 4.79 Å². The number of aldehydes is 1. The summed E-state index contributed by atoms with van der Waals surface area (Å²) in [5.41, 5.74) is 2.63. The molecule has 1 atom stereocenters. The van der Waals surface area contributed by atoms with Crippen LogP contribution in [0.1, 0.15) is 51.2 Å². The maximum atomic E-state index is 14.5. The summed E-state index contributed by atoms with van der Waals surface area (Å²) in [7, 11) is 0. The lowest BCUT2D eigenvalue weighted by atomic mass is 9.96. The zero-order valence-electron chi connectivity index (χ0n) is 23.3. The number of ether oxygens (including phenoxy) is 1. The fourth-order valence-corrected chi connectivity index (χ4v) is 3.65. The van der Waals surface area contributed by atoms with Crippen LogP contribution in [-0.4, -0.2) is 18.7 Å². The summed E-state index contributed by atoms with van der Waals surface area (Å²) < 4.78 is 20.0. The predicted octanol–water partition coefficient (Wildman–Crippen LogP) is 7.23. The minimum atomic E-state index is -0.435. The van der Waals surface area contributed by atoms with Crippen molar-refractivity contribution in [3.05, 3.63) is 108 Å². The molecule has 208 valence electrons. The van der Waals surface area contributed by atoms with Crippen LogP contribution < -0.4 is 15.4 Å². The first kappa shape index (κ1) is 31.3. The fourth-order valence-electron chi connectivity index (χ4n) is 3.65. The van der Waals surface area contributed by atoms with E-state index >= 15 is 0 Å². The van der Waals surface area contributed by atoms with Crippen molar-refractivity contribution in [2.45, 2.75) is 53.0 Å². The lowest BCUT2D eigenvalue weighted by molar-refractivity contribution is -0.127. The highest BCUT2D eigenvalue weighted by Crippen LogP contribution is 2.25. The first-order valence-corrected chi connectivity index (χ1v) is 13.5. The monoisotopic (exact) mass is 532 g/mol. The van der Waals surface area contributed by atoms with Crippen molar-refractivity contribution in [3.8, 4) is 11.5 Å². The van der Waals surface area contributed by atoms with Gasteiger partial charge < -0.3 is 20.2 Å². The number of hydrogen-bond acceptors (Lipinski definition) is 4. The third-order valence-corrected chi connectivity index (χ3v) is 5.60. The molecule has 0 spiro atoms. The van der Waals surface area contributed by atoms with Gasteiger partial charge in [0, 0.05) is 24.6 Å². The normalized spacial score (nSPS) is 11.1. The lowest BCUT2D eigenvalue weighted by Crippen LogP contribution is -2.34. The number of aryl methyl sites for hydroxylation is 1. The highest BCUT2D eigenvalue weighted by atomic mass is 19.1. The number of nitrogens with one attached hydrogen (secondary N) is 2. The second-order valence-electron chi connectivity index (χ2n) is 10.1. The molecule has 0 aliphatic heterocycles. The van der Waals surface area contributed by atoms with Gasteiger partial charge in [-0.05, 0) is 60.6 Å². The van der Waals surface area contributed by atoms with E-state index < -0.39 is 11.7 Å². The second kappa shape index (κ2) is 17.6. The number of carbonyl (C=O) groups is 2. The number of rotatable bonds is 14. The quantitative estimate of drug-likeness (QED) is 0.215. The topological polar surface area (TPSA) is 67.4 Å². The van der Waals surface area contributed by atoms with Gasteiger partial charge in [-0.15, -0.1) is 0 Å². The number of halogens is 1. The maximum absolute atomic E-state index is 14.5. The summed E-state index contributed by atoms with van der Waals surface area (Å²) in [5.74, 6) is 0.520. The van der Waals surface area contributed by atoms with Crippen molar-refractivity contribution < 1.29 is 18.7 Å². The second-order valence-corrected chi connectivity index (χ2v) is 10.1. The molecule has 0 saturated heterocycles. The summed E-state index contributed by atoms with van der Waals surface area (Å²) >= 11 is 0. The van der Waals surface area contributed by atoms with Crippen molar-refractivity contribution in [2.24, 2.45) is 11.8 Å². The molecule has 0 fully saturated rings. The Hall–Kier alpha value is -3.93. The van der Waals surface area contributed by atoms with E-state index in [1.165, 1.54) is 6.07 Å². The highest BCUT2D eigenvalue weighted by Gasteiger charge is 2.18. The van der Waals surface area contributed by atoms with Crippen LogP contribution in [0.4, 0.5) is 4.39 Å². The molecule has 0 bridgehead atoms. The molecule has 1 unspecified atom stereocenters. The molecule has 6 heteroatoms. The van der Waals surface area contributed by atoms with Crippen LogP contribution in [0.2, 0.25) is 0 Å². The SMILES string of the molecule is C=C(CNC(=O)C(CC=O)CCCc1ccc(Oc2ccccc2)c(F)c1)NCc1ccccc1.CC(C)C. The number of para-hydroxylation sites is 1. The van der Waals surface area contributed by atoms with Crippen LogP contribution >= 0.6 is 0 Å². The van der Waals surface area contributed by atoms with Crippen molar-refractivity contribution in [1.29, 1.82) is 0 Å². The van der Waals surface area contributed by atoms with E-state index in [-0.39, 0.29) is 24.6 Å². The van der Waals surface area contributed by atoms with E-state index in [9.17, 15) is 14.0 Å². The average molecular weight is 533 g/mol. The van der Waals surface area contributed by atoms with Crippen LogP contribution in [0.3, 0.4) is 0 Å². The summed E-state index contributed by atoms with van der Waals surface area (Å²) in [6.45, 7) is 11.4. The Morgan fingerprint density at radius 2 is 1.59 bits per heavy atom. The molecule has 0 aliphatic carbocycles. The molecule has 5 nitrogen and oxygen atoms in total. The molecule has 0 saturated carbocycles. The third-order valence-electron chi connectivity index (χ3n) is 5.60. The van der Waals surface area contributed by atoms with E-state index in [0.717, 1.165) is 23.3 Å². The lowest BCUT2D eigenvalue weighted by Gasteiger charge is -2.16. The van der Waals surface area contributed by atoms with E-state index in [1.54, 1.807) is 18.2 Å². The van der Waals surface area contributed by atoms with Crippen LogP contribution in [0.15, 0.2) is 91.1 Å². The van der Waals surface area contributed by atoms with Gasteiger partial charge in [-0.1, -0.05) is 81.9 Å². The number of carbonyl (C=O) groups excluding carboxylic acids is 2. The van der Waals surface area contributed by atoms with Gasteiger partial charge in [0.2, 0.25) is 5.91 Å². The molecule has 3 rings (SSSR count). The molecular formula is C33H41FN2O3. The van der Waals surface area contributed by atoms with Crippen molar-refractivity contribution >= 4 is 12.2 Å². The van der Waals surface area contributed by atoms with Crippen LogP contribution in [0.25, 0.3) is 0 Å². The molecule has 0 radical (unpaired) electrons. The van der Waals surface area contributed by atoms with Crippen LogP contribution in [0, 0.1) is 17.7 Å². The molecule has 2 N–H and O–H groups in total. The van der Waals surface area contributed by atoms with E-state index in [1.807, 2.05) is 54.6 Å². The fraction of sp³-hybridized carbons (Fsp3) is 0.333. The zero-order valence-corrected chi connectivity index (χ0v) is 23.3. The summed E-state index contributed by atoms with van der Waals surface area (Å²) in [6.07, 6.45) is 2.68. The molecule has 3 aromatic carbocycles. The standard InChI is InChI=1S/C29H31FN2O3.C4H10/c1-22(31-21-24-9-4-2-5-10-24)20-32-29(34)25(17-18-33)12-8-11-23-15-16-28(27(30)19-23)35-26-13-6-3-7-14-26;1-4(2)3/h2-7,9-10,13-16,18-19,25,31H,1,8,11-12,17,20-21H2,(H,32,34);4H,1-3H3. The van der Waals surface area contributed by atoms with Gasteiger partial charge in [0.15, 0.2) is 11.6 Å². The molecule has 3 aromatic rings. The van der Waals surface area contributed by atoms with E-state index in [4.69, 9.17) is 4.74 Å². The Bertz CT molecular complexity index is 1150. The minimum absolute atomic E-state index is 0.147. The highest BCUT2D eigenvalue weighted by molar-refractivity contribution is 5.81. The van der Waals surface area contributed by atoms with Crippen molar-refractivity contribution in [3.63, 3.8) is 0 Å². The average Bonchev–Trinajstić information content (AvgIpc) is 2.92. The molecule has 0 aliphatic rings. The number of amides is 1. The largest absolute Gasteiger partial charge is 0.454 e. The molecule has 1 amide bonds. The van der Waals surface area contributed by atoms with Crippen LogP contribution in [-0.2, 0) is 22.6 Å². The molecule has 0 heterocycles. The van der Waals surface area contributed by atoms with Gasteiger partial charge >= 0.3 is 0 Å². The molecular weight excluding hydrogens is 491 g/mol. The molecule has 39 heavy (non-hydrogen) atoms. The van der Waals surface area contributed by atoms with Crippen molar-refractivity contribution in [1.82, 2.24) is 10.6 Å². The van der Waals surface area contributed by atoms with E-state index in [0.29, 0.717) is 37.3 Å². The summed E-state index contributed by atoms with van der Waals surface area (Å²) in [4.78, 5) is 23.7. The van der Waals surface area contributed by atoms with E-state index in [2.05, 4.69) is 38.0 Å². The number of benzene rings is 3.